The summed E-state index contributed by atoms with van der Waals surface area (Å²) in [6.07, 6.45) is -1.41. The summed E-state index contributed by atoms with van der Waals surface area (Å²) >= 11 is 0. The maximum absolute atomic E-state index is 12.3. The van der Waals surface area contributed by atoms with E-state index in [1.165, 1.54) is 12.3 Å². The van der Waals surface area contributed by atoms with Gasteiger partial charge in [0.05, 0.1) is 6.61 Å². The molecule has 0 aliphatic carbocycles. The number of nitrogens with zero attached hydrogens (tertiary/aromatic N) is 1. The minimum Gasteiger partial charge on any atom is -0.367 e. The SMILES string of the molecule is CCCC(C)NS(=O)(=O)c1ccc(NCc2ccc(COCC(F)(F)F)cc2)nc1. The molecular weight excluding hydrogens is 419 g/mol. The van der Waals surface area contributed by atoms with Gasteiger partial charge < -0.3 is 10.1 Å². The number of alkyl halides is 3. The van der Waals surface area contributed by atoms with Crippen molar-refractivity contribution in [3.8, 4) is 0 Å². The highest BCUT2D eigenvalue weighted by atomic mass is 32.2. The van der Waals surface area contributed by atoms with E-state index in [0.29, 0.717) is 17.9 Å². The number of sulfonamides is 1. The van der Waals surface area contributed by atoms with E-state index in [0.717, 1.165) is 18.4 Å². The molecule has 1 atom stereocenters. The quantitative estimate of drug-likeness (QED) is 0.541. The van der Waals surface area contributed by atoms with Crippen LogP contribution >= 0.6 is 0 Å². The Morgan fingerprint density at radius 1 is 1.10 bits per heavy atom. The number of aromatic nitrogens is 1. The lowest BCUT2D eigenvalue weighted by atomic mass is 10.1. The lowest BCUT2D eigenvalue weighted by Gasteiger charge is -2.13. The second-order valence-electron chi connectivity index (χ2n) is 6.97. The molecule has 0 bridgehead atoms. The van der Waals surface area contributed by atoms with Gasteiger partial charge in [0.1, 0.15) is 17.3 Å². The number of nitrogens with one attached hydrogen (secondary N) is 2. The first-order valence-electron chi connectivity index (χ1n) is 9.53. The molecule has 0 radical (unpaired) electrons. The van der Waals surface area contributed by atoms with E-state index in [1.807, 2.05) is 13.8 Å². The molecule has 0 saturated heterocycles. The molecule has 2 aromatic rings. The summed E-state index contributed by atoms with van der Waals surface area (Å²) in [5.74, 6) is 0.508. The first-order chi connectivity index (χ1) is 14.1. The van der Waals surface area contributed by atoms with Crippen LogP contribution in [0.4, 0.5) is 19.0 Å². The summed E-state index contributed by atoms with van der Waals surface area (Å²) in [5, 5.41) is 3.08. The first-order valence-corrected chi connectivity index (χ1v) is 11.0. The Morgan fingerprint density at radius 2 is 1.77 bits per heavy atom. The second kappa shape index (κ2) is 10.7. The number of ether oxygens (including phenoxy) is 1. The van der Waals surface area contributed by atoms with E-state index in [-0.39, 0.29) is 17.5 Å². The van der Waals surface area contributed by atoms with Gasteiger partial charge in [0.25, 0.3) is 0 Å². The third-order valence-corrected chi connectivity index (χ3v) is 5.73. The highest BCUT2D eigenvalue weighted by Gasteiger charge is 2.27. The molecule has 2 rings (SSSR count). The molecule has 2 N–H and O–H groups in total. The van der Waals surface area contributed by atoms with Crippen molar-refractivity contribution in [2.75, 3.05) is 11.9 Å². The van der Waals surface area contributed by atoms with Crippen molar-refractivity contribution in [2.24, 2.45) is 0 Å². The zero-order valence-corrected chi connectivity index (χ0v) is 17.7. The van der Waals surface area contributed by atoms with Gasteiger partial charge >= 0.3 is 6.18 Å². The molecule has 10 heteroatoms. The Balaban J connectivity index is 1.86. The molecule has 0 aliphatic heterocycles. The smallest absolute Gasteiger partial charge is 0.367 e. The Hall–Kier alpha value is -2.17. The number of benzene rings is 1. The summed E-state index contributed by atoms with van der Waals surface area (Å²) in [6, 6.07) is 9.85. The second-order valence-corrected chi connectivity index (χ2v) is 8.68. The Morgan fingerprint density at radius 3 is 2.33 bits per heavy atom. The third kappa shape index (κ3) is 8.29. The highest BCUT2D eigenvalue weighted by molar-refractivity contribution is 7.89. The van der Waals surface area contributed by atoms with E-state index >= 15 is 0 Å². The minimum absolute atomic E-state index is 0.0965. The van der Waals surface area contributed by atoms with E-state index in [4.69, 9.17) is 0 Å². The van der Waals surface area contributed by atoms with E-state index in [1.54, 1.807) is 30.3 Å². The van der Waals surface area contributed by atoms with Crippen LogP contribution in [-0.2, 0) is 27.9 Å². The zero-order chi connectivity index (χ0) is 22.2. The number of hydrogen-bond donors (Lipinski definition) is 2. The van der Waals surface area contributed by atoms with Crippen molar-refractivity contribution in [1.82, 2.24) is 9.71 Å². The minimum atomic E-state index is -4.34. The number of rotatable bonds is 11. The molecule has 0 fully saturated rings. The first kappa shape index (κ1) is 24.1. The van der Waals surface area contributed by atoms with Crippen molar-refractivity contribution < 1.29 is 26.3 Å². The molecule has 0 spiro atoms. The van der Waals surface area contributed by atoms with Gasteiger partial charge in [-0.05, 0) is 36.6 Å². The van der Waals surface area contributed by atoms with Gasteiger partial charge in [0.15, 0.2) is 0 Å². The van der Waals surface area contributed by atoms with Crippen LogP contribution in [0.3, 0.4) is 0 Å². The fourth-order valence-corrected chi connectivity index (χ4v) is 3.92. The van der Waals surface area contributed by atoms with Gasteiger partial charge in [-0.15, -0.1) is 0 Å². The number of anilines is 1. The molecule has 0 aliphatic rings. The summed E-state index contributed by atoms with van der Waals surface area (Å²) < 4.78 is 68.1. The van der Waals surface area contributed by atoms with Crippen molar-refractivity contribution in [3.63, 3.8) is 0 Å². The molecule has 1 heterocycles. The highest BCUT2D eigenvalue weighted by Crippen LogP contribution is 2.16. The molecular formula is C20H26F3N3O3S. The van der Waals surface area contributed by atoms with Gasteiger partial charge in [0.2, 0.25) is 10.0 Å². The van der Waals surface area contributed by atoms with Crippen LogP contribution in [0.5, 0.6) is 0 Å². The summed E-state index contributed by atoms with van der Waals surface area (Å²) in [7, 11) is -3.61. The molecule has 6 nitrogen and oxygen atoms in total. The average Bonchev–Trinajstić information content (AvgIpc) is 2.66. The third-order valence-electron chi connectivity index (χ3n) is 4.16. The Labute approximate surface area is 174 Å². The van der Waals surface area contributed by atoms with Crippen LogP contribution < -0.4 is 10.0 Å². The largest absolute Gasteiger partial charge is 0.411 e. The maximum atomic E-state index is 12.3. The molecule has 30 heavy (non-hydrogen) atoms. The molecule has 0 saturated carbocycles. The molecule has 166 valence electrons. The van der Waals surface area contributed by atoms with E-state index in [9.17, 15) is 21.6 Å². The number of pyridine rings is 1. The number of halogens is 3. The van der Waals surface area contributed by atoms with Gasteiger partial charge in [-0.2, -0.15) is 13.2 Å². The standard InChI is InChI=1S/C20H26F3N3O3S/c1-3-4-15(2)26-30(27,28)18-9-10-19(25-12-18)24-11-16-5-7-17(8-6-16)13-29-14-20(21,22)23/h5-10,12,15,26H,3-4,11,13-14H2,1-2H3,(H,24,25). The van der Waals surface area contributed by atoms with Gasteiger partial charge in [-0.25, -0.2) is 18.1 Å². The van der Waals surface area contributed by atoms with E-state index < -0.39 is 22.8 Å². The normalized spacial score (nSPS) is 13.2. The summed E-state index contributed by atoms with van der Waals surface area (Å²) in [6.45, 7) is 2.84. The lowest BCUT2D eigenvalue weighted by molar-refractivity contribution is -0.176. The van der Waals surface area contributed by atoms with Crippen molar-refractivity contribution in [1.29, 1.82) is 0 Å². The molecule has 1 aromatic heterocycles. The predicted molar refractivity (Wildman–Crippen MR) is 108 cm³/mol. The summed E-state index contributed by atoms with van der Waals surface area (Å²) in [4.78, 5) is 4.23. The van der Waals surface area contributed by atoms with E-state index in [2.05, 4.69) is 19.8 Å². The van der Waals surface area contributed by atoms with Crippen LogP contribution in [0.2, 0.25) is 0 Å². The van der Waals surface area contributed by atoms with Crippen molar-refractivity contribution >= 4 is 15.8 Å². The predicted octanol–water partition coefficient (Wildman–Crippen LogP) is 4.24. The zero-order valence-electron chi connectivity index (χ0n) is 16.9. The lowest BCUT2D eigenvalue weighted by Crippen LogP contribution is -2.32. The van der Waals surface area contributed by atoms with Crippen LogP contribution in [0.25, 0.3) is 0 Å². The number of hydrogen-bond acceptors (Lipinski definition) is 5. The van der Waals surface area contributed by atoms with Crippen LogP contribution in [-0.4, -0.2) is 32.2 Å². The fourth-order valence-electron chi connectivity index (χ4n) is 2.70. The monoisotopic (exact) mass is 445 g/mol. The van der Waals surface area contributed by atoms with Gasteiger partial charge in [0, 0.05) is 18.8 Å². The van der Waals surface area contributed by atoms with Crippen molar-refractivity contribution in [2.45, 2.75) is 57.0 Å². The average molecular weight is 446 g/mol. The fraction of sp³-hybridized carbons (Fsp3) is 0.450. The van der Waals surface area contributed by atoms with Gasteiger partial charge in [-0.3, -0.25) is 0 Å². The maximum Gasteiger partial charge on any atom is 0.411 e. The Kier molecular flexibility index (Phi) is 8.63. The van der Waals surface area contributed by atoms with Crippen LogP contribution in [0.1, 0.15) is 37.8 Å². The van der Waals surface area contributed by atoms with Gasteiger partial charge in [-0.1, -0.05) is 37.6 Å². The summed E-state index contributed by atoms with van der Waals surface area (Å²) in [5.41, 5.74) is 1.53. The topological polar surface area (TPSA) is 80.3 Å². The molecule has 0 amide bonds. The Bertz CT molecular complexity index is 886. The molecule has 1 aromatic carbocycles. The molecule has 1 unspecified atom stereocenters. The van der Waals surface area contributed by atoms with Crippen LogP contribution in [0.15, 0.2) is 47.5 Å². The van der Waals surface area contributed by atoms with Crippen molar-refractivity contribution in [3.05, 3.63) is 53.7 Å². The van der Waals surface area contributed by atoms with Crippen LogP contribution in [0, 0.1) is 0 Å².